The molecule has 0 saturated carbocycles. The van der Waals surface area contributed by atoms with E-state index in [0.29, 0.717) is 21.6 Å². The highest BCUT2D eigenvalue weighted by molar-refractivity contribution is 6.33. The molecule has 2 aromatic heterocycles. The normalized spacial score (nSPS) is 10.8. The predicted octanol–water partition coefficient (Wildman–Crippen LogP) is 4.25. The molecule has 0 radical (unpaired) electrons. The van der Waals surface area contributed by atoms with Crippen molar-refractivity contribution in [2.24, 2.45) is 0 Å². The van der Waals surface area contributed by atoms with Crippen LogP contribution in [0.5, 0.6) is 0 Å². The van der Waals surface area contributed by atoms with Gasteiger partial charge in [0, 0.05) is 17.8 Å². The van der Waals surface area contributed by atoms with E-state index in [1.165, 1.54) is 0 Å². The lowest BCUT2D eigenvalue weighted by atomic mass is 10.2. The Bertz CT molecular complexity index is 1150. The van der Waals surface area contributed by atoms with Gasteiger partial charge in [0.05, 0.1) is 10.6 Å². The van der Waals surface area contributed by atoms with E-state index in [4.69, 9.17) is 33.5 Å². The molecule has 2 heterocycles. The number of anilines is 3. The second kappa shape index (κ2) is 7.41. The molecule has 0 aliphatic rings. The standard InChI is InChI=1S/C18H13Cl2N7O/c1-27(11-6-4-5-10(19)9-11)18-24-14(23-17(21)25-18)15-22-16(28-26-15)12-7-2-3-8-13(12)20/h2-9H,1H3,(H2,21,23,24,25). The zero-order chi connectivity index (χ0) is 19.7. The van der Waals surface area contributed by atoms with Crippen molar-refractivity contribution in [1.82, 2.24) is 25.1 Å². The number of benzene rings is 2. The van der Waals surface area contributed by atoms with Gasteiger partial charge in [0.25, 0.3) is 5.89 Å². The summed E-state index contributed by atoms with van der Waals surface area (Å²) in [6.07, 6.45) is 0. The SMILES string of the molecule is CN(c1cccc(Cl)c1)c1nc(N)nc(-c2noc(-c3ccccc3Cl)n2)n1. The molecule has 140 valence electrons. The Balaban J connectivity index is 1.71. The number of nitrogens with zero attached hydrogens (tertiary/aromatic N) is 6. The predicted molar refractivity (Wildman–Crippen MR) is 107 cm³/mol. The fourth-order valence-electron chi connectivity index (χ4n) is 2.49. The summed E-state index contributed by atoms with van der Waals surface area (Å²) < 4.78 is 5.31. The number of nitrogen functional groups attached to an aromatic ring is 1. The smallest absolute Gasteiger partial charge is 0.259 e. The molecule has 4 rings (SSSR count). The lowest BCUT2D eigenvalue weighted by Gasteiger charge is -2.17. The molecule has 2 aromatic carbocycles. The summed E-state index contributed by atoms with van der Waals surface area (Å²) in [6.45, 7) is 0. The van der Waals surface area contributed by atoms with Crippen molar-refractivity contribution in [3.63, 3.8) is 0 Å². The van der Waals surface area contributed by atoms with E-state index in [1.54, 1.807) is 36.2 Å². The molecule has 8 nitrogen and oxygen atoms in total. The Kier molecular flexibility index (Phi) is 4.81. The second-order valence-corrected chi connectivity index (χ2v) is 6.60. The van der Waals surface area contributed by atoms with Crippen LogP contribution in [0.4, 0.5) is 17.6 Å². The number of rotatable bonds is 4. The van der Waals surface area contributed by atoms with Crippen LogP contribution in [-0.2, 0) is 0 Å². The van der Waals surface area contributed by atoms with E-state index in [2.05, 4.69) is 25.1 Å². The molecule has 0 saturated heterocycles. The minimum atomic E-state index is 0.0259. The fraction of sp³-hybridized carbons (Fsp3) is 0.0556. The third kappa shape index (κ3) is 3.60. The molecule has 0 fully saturated rings. The Hall–Kier alpha value is -3.23. The largest absolute Gasteiger partial charge is 0.368 e. The Morgan fingerprint density at radius 3 is 2.54 bits per heavy atom. The van der Waals surface area contributed by atoms with Crippen molar-refractivity contribution < 1.29 is 4.52 Å². The second-order valence-electron chi connectivity index (χ2n) is 5.76. The van der Waals surface area contributed by atoms with Crippen molar-refractivity contribution in [2.45, 2.75) is 0 Å². The van der Waals surface area contributed by atoms with Crippen LogP contribution in [-0.4, -0.2) is 32.1 Å². The van der Waals surface area contributed by atoms with E-state index in [-0.39, 0.29) is 23.5 Å². The van der Waals surface area contributed by atoms with Crippen LogP contribution >= 0.6 is 23.2 Å². The van der Waals surface area contributed by atoms with Crippen molar-refractivity contribution in [3.8, 4) is 23.1 Å². The minimum absolute atomic E-state index is 0.0259. The minimum Gasteiger partial charge on any atom is -0.368 e. The first kappa shape index (κ1) is 18.1. The highest BCUT2D eigenvalue weighted by Gasteiger charge is 2.18. The summed E-state index contributed by atoms with van der Waals surface area (Å²) in [5.41, 5.74) is 7.26. The molecular formula is C18H13Cl2N7O. The molecule has 0 spiro atoms. The lowest BCUT2D eigenvalue weighted by Crippen LogP contribution is -2.15. The number of aromatic nitrogens is 5. The summed E-state index contributed by atoms with van der Waals surface area (Å²) >= 11 is 12.2. The van der Waals surface area contributed by atoms with Crippen LogP contribution in [0.25, 0.3) is 23.1 Å². The Morgan fingerprint density at radius 1 is 0.929 bits per heavy atom. The van der Waals surface area contributed by atoms with Crippen LogP contribution in [0, 0.1) is 0 Å². The molecule has 2 N–H and O–H groups in total. The summed E-state index contributed by atoms with van der Waals surface area (Å²) in [7, 11) is 1.79. The molecular weight excluding hydrogens is 401 g/mol. The van der Waals surface area contributed by atoms with Crippen LogP contribution in [0.2, 0.25) is 10.0 Å². The van der Waals surface area contributed by atoms with Gasteiger partial charge in [-0.25, -0.2) is 0 Å². The van der Waals surface area contributed by atoms with Crippen LogP contribution < -0.4 is 10.6 Å². The zero-order valence-electron chi connectivity index (χ0n) is 14.5. The summed E-state index contributed by atoms with van der Waals surface area (Å²) in [6, 6.07) is 14.4. The maximum Gasteiger partial charge on any atom is 0.259 e. The third-order valence-electron chi connectivity index (χ3n) is 3.87. The Morgan fingerprint density at radius 2 is 1.75 bits per heavy atom. The molecule has 0 atom stereocenters. The van der Waals surface area contributed by atoms with Crippen LogP contribution in [0.3, 0.4) is 0 Å². The number of nitrogens with two attached hydrogens (primary N) is 1. The first-order valence-electron chi connectivity index (χ1n) is 8.11. The van der Waals surface area contributed by atoms with Gasteiger partial charge >= 0.3 is 0 Å². The first-order chi connectivity index (χ1) is 13.5. The van der Waals surface area contributed by atoms with Crippen LogP contribution in [0.1, 0.15) is 0 Å². The lowest BCUT2D eigenvalue weighted by molar-refractivity contribution is 0.432. The van der Waals surface area contributed by atoms with E-state index >= 15 is 0 Å². The molecule has 0 unspecified atom stereocenters. The van der Waals surface area contributed by atoms with Crippen molar-refractivity contribution >= 4 is 40.8 Å². The molecule has 28 heavy (non-hydrogen) atoms. The van der Waals surface area contributed by atoms with Gasteiger partial charge in [0.2, 0.25) is 23.5 Å². The van der Waals surface area contributed by atoms with Gasteiger partial charge in [0.15, 0.2) is 0 Å². The van der Waals surface area contributed by atoms with Crippen molar-refractivity contribution in [1.29, 1.82) is 0 Å². The van der Waals surface area contributed by atoms with E-state index in [1.807, 2.05) is 24.3 Å². The highest BCUT2D eigenvalue weighted by atomic mass is 35.5. The van der Waals surface area contributed by atoms with Gasteiger partial charge in [-0.3, -0.25) is 0 Å². The number of halogens is 2. The van der Waals surface area contributed by atoms with Gasteiger partial charge in [-0.1, -0.05) is 46.6 Å². The third-order valence-corrected chi connectivity index (χ3v) is 4.43. The topological polar surface area (TPSA) is 107 Å². The van der Waals surface area contributed by atoms with E-state index < -0.39 is 0 Å². The van der Waals surface area contributed by atoms with Gasteiger partial charge in [0.1, 0.15) is 0 Å². The van der Waals surface area contributed by atoms with Gasteiger partial charge in [-0.15, -0.1) is 0 Å². The van der Waals surface area contributed by atoms with Gasteiger partial charge in [-0.05, 0) is 30.3 Å². The maximum absolute atomic E-state index is 6.18. The monoisotopic (exact) mass is 413 g/mol. The van der Waals surface area contributed by atoms with E-state index in [0.717, 1.165) is 5.69 Å². The molecule has 10 heteroatoms. The van der Waals surface area contributed by atoms with Gasteiger partial charge < -0.3 is 15.2 Å². The summed E-state index contributed by atoms with van der Waals surface area (Å²) in [4.78, 5) is 18.7. The zero-order valence-corrected chi connectivity index (χ0v) is 16.1. The molecule has 0 aliphatic heterocycles. The van der Waals surface area contributed by atoms with Crippen LogP contribution in [0.15, 0.2) is 53.1 Å². The van der Waals surface area contributed by atoms with Crippen molar-refractivity contribution in [3.05, 3.63) is 58.6 Å². The number of hydrogen-bond acceptors (Lipinski definition) is 8. The highest BCUT2D eigenvalue weighted by Crippen LogP contribution is 2.28. The molecule has 0 amide bonds. The quantitative estimate of drug-likeness (QED) is 0.528. The van der Waals surface area contributed by atoms with E-state index in [9.17, 15) is 0 Å². The average Bonchev–Trinajstić information content (AvgIpc) is 3.17. The summed E-state index contributed by atoms with van der Waals surface area (Å²) in [5.74, 6) is 0.944. The fourth-order valence-corrected chi connectivity index (χ4v) is 2.89. The molecule has 4 aromatic rings. The molecule has 0 aliphatic carbocycles. The average molecular weight is 414 g/mol. The van der Waals surface area contributed by atoms with Gasteiger partial charge in [-0.2, -0.15) is 19.9 Å². The Labute approximate surface area is 170 Å². The first-order valence-corrected chi connectivity index (χ1v) is 8.86. The van der Waals surface area contributed by atoms with Crippen molar-refractivity contribution in [2.75, 3.05) is 17.7 Å². The summed E-state index contributed by atoms with van der Waals surface area (Å²) in [5, 5.41) is 5.03. The number of hydrogen-bond donors (Lipinski definition) is 1. The maximum atomic E-state index is 6.18. The molecule has 0 bridgehead atoms.